The Morgan fingerprint density at radius 2 is 2.11 bits per heavy atom. The highest BCUT2D eigenvalue weighted by atomic mass is 16.5. The lowest BCUT2D eigenvalue weighted by Gasteiger charge is -2.30. The summed E-state index contributed by atoms with van der Waals surface area (Å²) in [4.78, 5) is 14.2. The van der Waals surface area contributed by atoms with E-state index in [0.29, 0.717) is 13.2 Å². The average molecular weight is 241 g/mol. The molecule has 1 amide bonds. The molecule has 2 aliphatic heterocycles. The Morgan fingerprint density at radius 3 is 2.94 bits per heavy atom. The molecule has 0 saturated carbocycles. The number of benzene rings is 1. The van der Waals surface area contributed by atoms with Crippen molar-refractivity contribution >= 4 is 5.91 Å². The number of hydrogen-bond acceptors (Lipinski definition) is 3. The highest BCUT2D eigenvalue weighted by Crippen LogP contribution is 2.47. The quantitative estimate of drug-likeness (QED) is 0.766. The normalized spacial score (nSPS) is 25.3. The summed E-state index contributed by atoms with van der Waals surface area (Å²) in [5.41, 5.74) is 1.73. The molecule has 0 aliphatic carbocycles. The topological polar surface area (TPSA) is 42.7 Å². The summed E-state index contributed by atoms with van der Waals surface area (Å²) in [6, 6.07) is 9.46. The number of furan rings is 1. The Morgan fingerprint density at radius 1 is 1.22 bits per heavy atom. The maximum Gasteiger partial charge on any atom is 0.257 e. The average Bonchev–Trinajstić information content (AvgIpc) is 3.09. The molecule has 0 bridgehead atoms. The Hall–Kier alpha value is -2.07. The lowest BCUT2D eigenvalue weighted by atomic mass is 9.96. The van der Waals surface area contributed by atoms with Gasteiger partial charge in [-0.25, -0.2) is 0 Å². The Labute approximate surface area is 104 Å². The molecule has 90 valence electrons. The molecule has 18 heavy (non-hydrogen) atoms. The van der Waals surface area contributed by atoms with E-state index in [1.54, 1.807) is 17.4 Å². The Balaban J connectivity index is 2.03. The van der Waals surface area contributed by atoms with Crippen molar-refractivity contribution in [2.75, 3.05) is 13.2 Å². The van der Waals surface area contributed by atoms with E-state index in [2.05, 4.69) is 0 Å². The monoisotopic (exact) mass is 241 g/mol. The van der Waals surface area contributed by atoms with Gasteiger partial charge in [0, 0.05) is 23.2 Å². The highest BCUT2D eigenvalue weighted by Gasteiger charge is 2.55. The minimum Gasteiger partial charge on any atom is -0.472 e. The van der Waals surface area contributed by atoms with Crippen LogP contribution < -0.4 is 0 Å². The van der Waals surface area contributed by atoms with E-state index in [4.69, 9.17) is 9.15 Å². The molecule has 0 spiro atoms. The van der Waals surface area contributed by atoms with Crippen LogP contribution in [0.25, 0.3) is 0 Å². The fraction of sp³-hybridized carbons (Fsp3) is 0.214. The summed E-state index contributed by atoms with van der Waals surface area (Å²) in [5.74, 6) is 0.0318. The van der Waals surface area contributed by atoms with Gasteiger partial charge in [0.1, 0.15) is 0 Å². The highest BCUT2D eigenvalue weighted by molar-refractivity contribution is 6.00. The number of hydrogen-bond donors (Lipinski definition) is 0. The van der Waals surface area contributed by atoms with Gasteiger partial charge in [0.15, 0.2) is 5.72 Å². The molecule has 4 rings (SSSR count). The Kier molecular flexibility index (Phi) is 1.78. The lowest BCUT2D eigenvalue weighted by molar-refractivity contribution is -0.0307. The maximum absolute atomic E-state index is 12.4. The van der Waals surface area contributed by atoms with Gasteiger partial charge in [-0.05, 0) is 12.1 Å². The largest absolute Gasteiger partial charge is 0.472 e. The second-order valence-corrected chi connectivity index (χ2v) is 4.51. The molecule has 3 heterocycles. The zero-order valence-corrected chi connectivity index (χ0v) is 9.63. The first-order valence-corrected chi connectivity index (χ1v) is 5.92. The number of ether oxygens (including phenoxy) is 1. The second-order valence-electron chi connectivity index (χ2n) is 4.51. The smallest absolute Gasteiger partial charge is 0.257 e. The van der Waals surface area contributed by atoms with E-state index < -0.39 is 5.72 Å². The first-order chi connectivity index (χ1) is 8.84. The Bertz CT molecular complexity index is 620. The van der Waals surface area contributed by atoms with Crippen molar-refractivity contribution in [3.05, 3.63) is 59.5 Å². The van der Waals surface area contributed by atoms with Gasteiger partial charge in [-0.3, -0.25) is 9.69 Å². The third-order valence-corrected chi connectivity index (χ3v) is 3.69. The van der Waals surface area contributed by atoms with Gasteiger partial charge in [0.2, 0.25) is 0 Å². The van der Waals surface area contributed by atoms with Crippen LogP contribution in [-0.2, 0) is 10.5 Å². The zero-order chi connectivity index (χ0) is 12.2. The van der Waals surface area contributed by atoms with Crippen molar-refractivity contribution in [1.29, 1.82) is 0 Å². The van der Waals surface area contributed by atoms with Gasteiger partial charge >= 0.3 is 0 Å². The van der Waals surface area contributed by atoms with Crippen molar-refractivity contribution in [2.45, 2.75) is 5.72 Å². The SMILES string of the molecule is O=C1c2ccccc2C2(c3ccoc3)OCCN12. The van der Waals surface area contributed by atoms with Gasteiger partial charge in [-0.15, -0.1) is 0 Å². The summed E-state index contributed by atoms with van der Waals surface area (Å²) < 4.78 is 11.1. The third-order valence-electron chi connectivity index (χ3n) is 3.69. The van der Waals surface area contributed by atoms with Crippen LogP contribution in [0.2, 0.25) is 0 Å². The number of fused-ring (bicyclic) bond motifs is 3. The molecule has 1 fully saturated rings. The summed E-state index contributed by atoms with van der Waals surface area (Å²) in [6.07, 6.45) is 3.25. The number of nitrogens with zero attached hydrogens (tertiary/aromatic N) is 1. The molecular formula is C14H11NO3. The summed E-state index contributed by atoms with van der Waals surface area (Å²) in [7, 11) is 0. The van der Waals surface area contributed by atoms with E-state index in [-0.39, 0.29) is 5.91 Å². The fourth-order valence-corrected chi connectivity index (χ4v) is 2.95. The maximum atomic E-state index is 12.4. The van der Waals surface area contributed by atoms with Crippen LogP contribution in [0.4, 0.5) is 0 Å². The first-order valence-electron chi connectivity index (χ1n) is 5.92. The van der Waals surface area contributed by atoms with Gasteiger partial charge < -0.3 is 9.15 Å². The van der Waals surface area contributed by atoms with Gasteiger partial charge in [-0.2, -0.15) is 0 Å². The van der Waals surface area contributed by atoms with Crippen molar-refractivity contribution in [3.63, 3.8) is 0 Å². The lowest BCUT2D eigenvalue weighted by Crippen LogP contribution is -2.40. The first kappa shape index (κ1) is 9.91. The number of carbonyl (C=O) groups is 1. The van der Waals surface area contributed by atoms with E-state index >= 15 is 0 Å². The van der Waals surface area contributed by atoms with Crippen LogP contribution in [0, 0.1) is 0 Å². The molecule has 1 aromatic carbocycles. The predicted octanol–water partition coefficient (Wildman–Crippen LogP) is 1.97. The van der Waals surface area contributed by atoms with Gasteiger partial charge in [0.05, 0.1) is 19.1 Å². The van der Waals surface area contributed by atoms with Crippen LogP contribution in [-0.4, -0.2) is 24.0 Å². The minimum absolute atomic E-state index is 0.0318. The molecule has 1 aromatic heterocycles. The fourth-order valence-electron chi connectivity index (χ4n) is 2.95. The van der Waals surface area contributed by atoms with Crippen LogP contribution in [0.5, 0.6) is 0 Å². The van der Waals surface area contributed by atoms with E-state index in [9.17, 15) is 4.79 Å². The third kappa shape index (κ3) is 0.973. The van der Waals surface area contributed by atoms with Gasteiger partial charge in [-0.1, -0.05) is 18.2 Å². The number of rotatable bonds is 1. The molecular weight excluding hydrogens is 230 g/mol. The summed E-state index contributed by atoms with van der Waals surface area (Å²) in [6.45, 7) is 1.16. The minimum atomic E-state index is -0.777. The van der Waals surface area contributed by atoms with Crippen molar-refractivity contribution in [2.24, 2.45) is 0 Å². The zero-order valence-electron chi connectivity index (χ0n) is 9.63. The van der Waals surface area contributed by atoms with Crippen molar-refractivity contribution in [3.8, 4) is 0 Å². The van der Waals surface area contributed by atoms with E-state index in [1.165, 1.54) is 0 Å². The molecule has 2 aliphatic rings. The standard InChI is InChI=1S/C14H11NO3/c16-13-11-3-1-2-4-12(11)14(10-5-7-17-9-10)15(13)6-8-18-14/h1-5,7,9H,6,8H2. The van der Waals surface area contributed by atoms with Crippen LogP contribution in [0.1, 0.15) is 21.5 Å². The molecule has 4 heteroatoms. The molecule has 1 unspecified atom stereocenters. The number of carbonyl (C=O) groups excluding carboxylic acids is 1. The summed E-state index contributed by atoms with van der Waals surface area (Å²) >= 11 is 0. The van der Waals surface area contributed by atoms with Crippen LogP contribution in [0.3, 0.4) is 0 Å². The molecule has 0 N–H and O–H groups in total. The number of amides is 1. The van der Waals surface area contributed by atoms with Crippen molar-refractivity contribution in [1.82, 2.24) is 4.90 Å². The van der Waals surface area contributed by atoms with Crippen LogP contribution >= 0.6 is 0 Å². The van der Waals surface area contributed by atoms with Crippen molar-refractivity contribution < 1.29 is 13.9 Å². The van der Waals surface area contributed by atoms with E-state index in [1.807, 2.05) is 30.3 Å². The second kappa shape index (κ2) is 3.23. The predicted molar refractivity (Wildman–Crippen MR) is 62.9 cm³/mol. The molecule has 2 aromatic rings. The van der Waals surface area contributed by atoms with Gasteiger partial charge in [0.25, 0.3) is 5.91 Å². The molecule has 0 radical (unpaired) electrons. The molecule has 4 nitrogen and oxygen atoms in total. The summed E-state index contributed by atoms with van der Waals surface area (Å²) in [5, 5.41) is 0. The molecule has 1 saturated heterocycles. The van der Waals surface area contributed by atoms with E-state index in [0.717, 1.165) is 16.7 Å². The van der Waals surface area contributed by atoms with Crippen LogP contribution in [0.15, 0.2) is 47.3 Å². The molecule has 1 atom stereocenters.